The van der Waals surface area contributed by atoms with Gasteiger partial charge >= 0.3 is 5.97 Å². The lowest BCUT2D eigenvalue weighted by Crippen LogP contribution is -2.12. The topological polar surface area (TPSA) is 96.6 Å². The molecule has 0 saturated carbocycles. The largest absolute Gasteiger partial charge is 0.478 e. The number of carbonyl (C=O) groups is 2. The number of carbonyl (C=O) groups excluding carboxylic acids is 1. The minimum absolute atomic E-state index is 0.00237. The van der Waals surface area contributed by atoms with Crippen molar-refractivity contribution in [3.8, 4) is 0 Å². The third-order valence-electron chi connectivity index (χ3n) is 4.03. The molecule has 1 aromatic heterocycles. The van der Waals surface area contributed by atoms with Crippen LogP contribution in [-0.4, -0.2) is 17.0 Å². The molecule has 2 N–H and O–H groups in total. The fourth-order valence-electron chi connectivity index (χ4n) is 2.66. The Balaban J connectivity index is 1.86. The Bertz CT molecular complexity index is 1140. The number of benzene rings is 2. The summed E-state index contributed by atoms with van der Waals surface area (Å²) in [7, 11) is 0. The Morgan fingerprint density at radius 3 is 2.52 bits per heavy atom. The number of rotatable bonds is 4. The van der Waals surface area contributed by atoms with Crippen LogP contribution in [0.3, 0.4) is 0 Å². The highest BCUT2D eigenvalue weighted by Crippen LogP contribution is 2.18. The number of amides is 1. The molecular formula is C21H17NO5. The summed E-state index contributed by atoms with van der Waals surface area (Å²) in [6, 6.07) is 9.99. The number of hydrogen-bond acceptors (Lipinski definition) is 4. The van der Waals surface area contributed by atoms with E-state index in [0.29, 0.717) is 11.0 Å². The number of hydrogen-bond donors (Lipinski definition) is 2. The predicted octanol–water partition coefficient (Wildman–Crippen LogP) is 3.76. The van der Waals surface area contributed by atoms with Crippen LogP contribution in [0.4, 0.5) is 5.69 Å². The van der Waals surface area contributed by atoms with Gasteiger partial charge in [0.1, 0.15) is 11.8 Å². The number of carboxylic acids is 1. The summed E-state index contributed by atoms with van der Waals surface area (Å²) in [6.07, 6.45) is 3.80. The van der Waals surface area contributed by atoms with Gasteiger partial charge in [0.15, 0.2) is 5.43 Å². The lowest BCUT2D eigenvalue weighted by molar-refractivity contribution is -0.111. The van der Waals surface area contributed by atoms with E-state index in [1.807, 2.05) is 13.0 Å². The highest BCUT2D eigenvalue weighted by Gasteiger charge is 2.12. The molecule has 0 spiro atoms. The van der Waals surface area contributed by atoms with Gasteiger partial charge in [0.05, 0.1) is 22.2 Å². The number of fused-ring (bicyclic) bond motifs is 1. The number of aryl methyl sites for hydroxylation is 2. The first-order valence-electron chi connectivity index (χ1n) is 8.20. The van der Waals surface area contributed by atoms with Crippen molar-refractivity contribution >= 4 is 34.6 Å². The van der Waals surface area contributed by atoms with E-state index < -0.39 is 11.9 Å². The molecule has 3 aromatic rings. The van der Waals surface area contributed by atoms with Gasteiger partial charge in [-0.25, -0.2) is 4.79 Å². The van der Waals surface area contributed by atoms with E-state index in [-0.39, 0.29) is 22.2 Å². The SMILES string of the molecule is Cc1ccc(NC(=O)/C=C/c2coc3ccc(C)cc3c2=O)c(C(=O)O)c1. The molecule has 6 nitrogen and oxygen atoms in total. The van der Waals surface area contributed by atoms with E-state index in [1.54, 1.807) is 25.1 Å². The average molecular weight is 363 g/mol. The molecule has 27 heavy (non-hydrogen) atoms. The zero-order chi connectivity index (χ0) is 19.6. The lowest BCUT2D eigenvalue weighted by atomic mass is 10.1. The van der Waals surface area contributed by atoms with Crippen LogP contribution < -0.4 is 10.7 Å². The van der Waals surface area contributed by atoms with E-state index in [1.165, 1.54) is 30.5 Å². The van der Waals surface area contributed by atoms with E-state index in [2.05, 4.69) is 5.32 Å². The zero-order valence-corrected chi connectivity index (χ0v) is 14.8. The summed E-state index contributed by atoms with van der Waals surface area (Å²) in [4.78, 5) is 36.0. The smallest absolute Gasteiger partial charge is 0.337 e. The maximum atomic E-state index is 12.5. The van der Waals surface area contributed by atoms with E-state index >= 15 is 0 Å². The second-order valence-electron chi connectivity index (χ2n) is 6.20. The summed E-state index contributed by atoms with van der Waals surface area (Å²) in [5.74, 6) is -1.69. The molecule has 0 aliphatic rings. The molecule has 6 heteroatoms. The normalized spacial score (nSPS) is 11.0. The maximum absolute atomic E-state index is 12.5. The highest BCUT2D eigenvalue weighted by atomic mass is 16.4. The van der Waals surface area contributed by atoms with Gasteiger partial charge in [-0.2, -0.15) is 0 Å². The van der Waals surface area contributed by atoms with Gasteiger partial charge in [-0.1, -0.05) is 23.3 Å². The van der Waals surface area contributed by atoms with Crippen molar-refractivity contribution in [1.29, 1.82) is 0 Å². The lowest BCUT2D eigenvalue weighted by Gasteiger charge is -2.07. The highest BCUT2D eigenvalue weighted by molar-refractivity contribution is 6.06. The Kier molecular flexibility index (Phi) is 4.90. The summed E-state index contributed by atoms with van der Waals surface area (Å²) in [6.45, 7) is 3.63. The number of aromatic carboxylic acids is 1. The molecule has 0 aliphatic carbocycles. The van der Waals surface area contributed by atoms with Crippen molar-refractivity contribution in [3.63, 3.8) is 0 Å². The zero-order valence-electron chi connectivity index (χ0n) is 14.8. The second kappa shape index (κ2) is 7.29. The number of nitrogens with one attached hydrogen (secondary N) is 1. The predicted molar refractivity (Wildman–Crippen MR) is 103 cm³/mol. The Hall–Kier alpha value is -3.67. The van der Waals surface area contributed by atoms with Crippen LogP contribution in [-0.2, 0) is 4.79 Å². The minimum atomic E-state index is -1.14. The van der Waals surface area contributed by atoms with Gasteiger partial charge < -0.3 is 14.8 Å². The van der Waals surface area contributed by atoms with Crippen molar-refractivity contribution in [2.75, 3.05) is 5.32 Å². The molecule has 0 saturated heterocycles. The number of carboxylic acid groups (broad SMARTS) is 1. The fourth-order valence-corrected chi connectivity index (χ4v) is 2.66. The van der Waals surface area contributed by atoms with Gasteiger partial charge in [0.2, 0.25) is 5.91 Å². The first kappa shape index (κ1) is 18.1. The molecule has 0 fully saturated rings. The quantitative estimate of drug-likeness (QED) is 0.688. The monoisotopic (exact) mass is 363 g/mol. The van der Waals surface area contributed by atoms with E-state index in [9.17, 15) is 19.5 Å². The minimum Gasteiger partial charge on any atom is -0.478 e. The summed E-state index contributed by atoms with van der Waals surface area (Å²) in [5, 5.41) is 12.2. The standard InChI is InChI=1S/C21H17NO5/c1-12-3-6-17(15(9-12)21(25)26)22-19(23)8-5-14-11-27-18-7-4-13(2)10-16(18)20(14)24/h3-11H,1-2H3,(H,22,23)(H,25,26)/b8-5+. The third-order valence-corrected chi connectivity index (χ3v) is 4.03. The Labute approximate surface area is 154 Å². The van der Waals surface area contributed by atoms with Crippen molar-refractivity contribution in [2.24, 2.45) is 0 Å². The van der Waals surface area contributed by atoms with Crippen molar-refractivity contribution in [1.82, 2.24) is 0 Å². The Morgan fingerprint density at radius 1 is 1.07 bits per heavy atom. The molecule has 0 aliphatic heterocycles. The molecule has 136 valence electrons. The van der Waals surface area contributed by atoms with Gasteiger partial charge in [-0.3, -0.25) is 9.59 Å². The van der Waals surface area contributed by atoms with Gasteiger partial charge in [0, 0.05) is 6.08 Å². The van der Waals surface area contributed by atoms with Gasteiger partial charge in [-0.05, 0) is 44.2 Å². The van der Waals surface area contributed by atoms with Crippen LogP contribution in [0, 0.1) is 13.8 Å². The summed E-state index contributed by atoms with van der Waals surface area (Å²) < 4.78 is 5.43. The van der Waals surface area contributed by atoms with E-state index in [4.69, 9.17) is 4.42 Å². The molecule has 2 aromatic carbocycles. The summed E-state index contributed by atoms with van der Waals surface area (Å²) in [5.41, 5.74) is 2.33. The van der Waals surface area contributed by atoms with Crippen molar-refractivity contribution < 1.29 is 19.1 Å². The molecule has 0 atom stereocenters. The van der Waals surface area contributed by atoms with Crippen LogP contribution in [0.1, 0.15) is 27.0 Å². The van der Waals surface area contributed by atoms with Crippen LogP contribution in [0.25, 0.3) is 17.0 Å². The van der Waals surface area contributed by atoms with Crippen molar-refractivity contribution in [3.05, 3.63) is 81.2 Å². The maximum Gasteiger partial charge on any atom is 0.337 e. The number of anilines is 1. The first-order valence-corrected chi connectivity index (χ1v) is 8.20. The molecule has 0 unspecified atom stereocenters. The van der Waals surface area contributed by atoms with Crippen LogP contribution in [0.5, 0.6) is 0 Å². The molecular weight excluding hydrogens is 346 g/mol. The summed E-state index contributed by atoms with van der Waals surface area (Å²) >= 11 is 0. The van der Waals surface area contributed by atoms with E-state index in [0.717, 1.165) is 11.1 Å². The molecule has 3 rings (SSSR count). The third kappa shape index (κ3) is 3.95. The van der Waals surface area contributed by atoms with Gasteiger partial charge in [-0.15, -0.1) is 0 Å². The molecule has 0 bridgehead atoms. The second-order valence-corrected chi connectivity index (χ2v) is 6.20. The van der Waals surface area contributed by atoms with Crippen LogP contribution in [0.15, 0.2) is 57.9 Å². The molecule has 1 heterocycles. The van der Waals surface area contributed by atoms with Crippen molar-refractivity contribution in [2.45, 2.75) is 13.8 Å². The van der Waals surface area contributed by atoms with Gasteiger partial charge in [0.25, 0.3) is 0 Å². The van der Waals surface area contributed by atoms with Crippen LogP contribution in [0.2, 0.25) is 0 Å². The molecule has 0 radical (unpaired) electrons. The van der Waals surface area contributed by atoms with Crippen LogP contribution >= 0.6 is 0 Å². The first-order chi connectivity index (χ1) is 12.8. The fraction of sp³-hybridized carbons (Fsp3) is 0.0952. The Morgan fingerprint density at radius 2 is 1.78 bits per heavy atom. The molecule has 1 amide bonds. The average Bonchev–Trinajstić information content (AvgIpc) is 2.63.